The molecule has 2 saturated carbocycles. The van der Waals surface area contributed by atoms with Gasteiger partial charge in [0, 0.05) is 0 Å². The molecule has 0 N–H and O–H groups in total. The van der Waals surface area contributed by atoms with E-state index in [9.17, 15) is 4.79 Å². The van der Waals surface area contributed by atoms with E-state index in [0.717, 1.165) is 25.7 Å². The first-order chi connectivity index (χ1) is 9.26. The summed E-state index contributed by atoms with van der Waals surface area (Å²) in [5.41, 5.74) is 0.565. The summed E-state index contributed by atoms with van der Waals surface area (Å²) in [5, 5.41) is 0. The maximum absolute atomic E-state index is 12.2. The first-order valence-electron chi connectivity index (χ1n) is 7.22. The van der Waals surface area contributed by atoms with Gasteiger partial charge in [-0.2, -0.15) is 0 Å². The monoisotopic (exact) mass is 258 g/mol. The van der Waals surface area contributed by atoms with Gasteiger partial charge in [0.1, 0.15) is 17.3 Å². The topological polar surface area (TPSA) is 38.8 Å². The second kappa shape index (κ2) is 3.83. The van der Waals surface area contributed by atoms with E-state index in [4.69, 9.17) is 9.47 Å². The normalized spacial score (nSPS) is 39.3. The predicted molar refractivity (Wildman–Crippen MR) is 69.9 cm³/mol. The summed E-state index contributed by atoms with van der Waals surface area (Å²) in [6.45, 7) is 0. The lowest BCUT2D eigenvalue weighted by Crippen LogP contribution is -2.36. The number of carbonyl (C=O) groups excluding carboxylic acids is 1. The summed E-state index contributed by atoms with van der Waals surface area (Å²) < 4.78 is 11.8. The van der Waals surface area contributed by atoms with Gasteiger partial charge < -0.3 is 9.47 Å². The van der Waals surface area contributed by atoms with Crippen molar-refractivity contribution in [3.63, 3.8) is 0 Å². The molecular weight excluding hydrogens is 240 g/mol. The van der Waals surface area contributed by atoms with E-state index in [0.29, 0.717) is 5.56 Å². The minimum Gasteiger partial charge on any atom is -0.456 e. The zero-order chi connectivity index (χ0) is 12.9. The smallest absolute Gasteiger partial charge is 0.338 e. The fourth-order valence-corrected chi connectivity index (χ4v) is 4.09. The third-order valence-electron chi connectivity index (χ3n) is 5.08. The number of benzene rings is 1. The van der Waals surface area contributed by atoms with Crippen LogP contribution in [0.3, 0.4) is 0 Å². The molecule has 1 aliphatic heterocycles. The number of ether oxygens (including phenoxy) is 2. The average molecular weight is 258 g/mol. The molecule has 3 fully saturated rings. The SMILES string of the molecule is O=C(O[C@@H]1CC[C@]23CCCC[C@]12O3)c1ccccc1. The molecule has 3 heteroatoms. The molecule has 3 nitrogen and oxygen atoms in total. The van der Waals surface area contributed by atoms with E-state index in [1.165, 1.54) is 12.8 Å². The van der Waals surface area contributed by atoms with Gasteiger partial charge in [-0.3, -0.25) is 0 Å². The molecule has 0 unspecified atom stereocenters. The number of hydrogen-bond donors (Lipinski definition) is 0. The Balaban J connectivity index is 1.51. The minimum absolute atomic E-state index is 0.0412. The van der Waals surface area contributed by atoms with Crippen molar-refractivity contribution in [1.82, 2.24) is 0 Å². The molecule has 100 valence electrons. The third-order valence-corrected chi connectivity index (χ3v) is 5.08. The molecule has 2 aliphatic carbocycles. The standard InChI is InChI=1S/C16H18O3/c17-14(12-6-2-1-3-7-12)18-13-8-11-15-9-4-5-10-16(13,15)19-15/h1-3,6-7,13H,4-5,8-11H2/t13-,15-,16+/m1/s1. The minimum atomic E-state index is -0.211. The molecule has 4 rings (SSSR count). The molecule has 1 aromatic rings. The summed E-state index contributed by atoms with van der Waals surface area (Å²) >= 11 is 0. The van der Waals surface area contributed by atoms with Crippen LogP contribution in [0.15, 0.2) is 30.3 Å². The average Bonchev–Trinajstić information content (AvgIpc) is 3.05. The first kappa shape index (κ1) is 11.5. The van der Waals surface area contributed by atoms with Gasteiger partial charge in [-0.15, -0.1) is 0 Å². The van der Waals surface area contributed by atoms with E-state index in [-0.39, 0.29) is 23.3 Å². The number of epoxide rings is 1. The van der Waals surface area contributed by atoms with Gasteiger partial charge in [-0.25, -0.2) is 4.79 Å². The highest BCUT2D eigenvalue weighted by Gasteiger charge is 2.78. The lowest BCUT2D eigenvalue weighted by Gasteiger charge is -2.23. The van der Waals surface area contributed by atoms with Crippen LogP contribution in [0.25, 0.3) is 0 Å². The number of hydrogen-bond acceptors (Lipinski definition) is 3. The van der Waals surface area contributed by atoms with Gasteiger partial charge >= 0.3 is 5.97 Å². The molecule has 3 atom stereocenters. The Kier molecular flexibility index (Phi) is 2.31. The van der Waals surface area contributed by atoms with Crippen LogP contribution in [-0.4, -0.2) is 23.3 Å². The molecule has 19 heavy (non-hydrogen) atoms. The molecule has 1 saturated heterocycles. The van der Waals surface area contributed by atoms with Crippen molar-refractivity contribution in [2.24, 2.45) is 0 Å². The third kappa shape index (κ3) is 1.51. The second-order valence-corrected chi connectivity index (χ2v) is 5.99. The predicted octanol–water partition coefficient (Wildman–Crippen LogP) is 3.09. The molecule has 1 aromatic carbocycles. The van der Waals surface area contributed by atoms with Crippen molar-refractivity contribution in [3.8, 4) is 0 Å². The highest BCUT2D eigenvalue weighted by atomic mass is 16.7. The van der Waals surface area contributed by atoms with Crippen LogP contribution in [-0.2, 0) is 9.47 Å². The Morgan fingerprint density at radius 1 is 1.16 bits per heavy atom. The lowest BCUT2D eigenvalue weighted by atomic mass is 9.81. The van der Waals surface area contributed by atoms with Crippen molar-refractivity contribution >= 4 is 5.97 Å². The Bertz CT molecular complexity index is 508. The van der Waals surface area contributed by atoms with Crippen LogP contribution in [0.4, 0.5) is 0 Å². The zero-order valence-corrected chi connectivity index (χ0v) is 10.9. The van der Waals surface area contributed by atoms with E-state index in [2.05, 4.69) is 0 Å². The summed E-state index contributed by atoms with van der Waals surface area (Å²) in [6.07, 6.45) is 6.62. The highest BCUT2D eigenvalue weighted by Crippen LogP contribution is 2.67. The maximum atomic E-state index is 12.2. The van der Waals surface area contributed by atoms with Gasteiger partial charge in [0.25, 0.3) is 0 Å². The number of carbonyl (C=O) groups is 1. The second-order valence-electron chi connectivity index (χ2n) is 5.99. The summed E-state index contributed by atoms with van der Waals surface area (Å²) in [7, 11) is 0. The highest BCUT2D eigenvalue weighted by molar-refractivity contribution is 5.89. The molecule has 0 amide bonds. The zero-order valence-electron chi connectivity index (χ0n) is 10.9. The van der Waals surface area contributed by atoms with Crippen molar-refractivity contribution in [1.29, 1.82) is 0 Å². The van der Waals surface area contributed by atoms with Crippen LogP contribution >= 0.6 is 0 Å². The Hall–Kier alpha value is -1.35. The molecule has 0 spiro atoms. The maximum Gasteiger partial charge on any atom is 0.338 e. The lowest BCUT2D eigenvalue weighted by molar-refractivity contribution is 0.000301. The Morgan fingerprint density at radius 3 is 2.79 bits per heavy atom. The largest absolute Gasteiger partial charge is 0.456 e. The Morgan fingerprint density at radius 2 is 1.95 bits per heavy atom. The van der Waals surface area contributed by atoms with Gasteiger partial charge in [0.15, 0.2) is 0 Å². The van der Waals surface area contributed by atoms with Crippen LogP contribution < -0.4 is 0 Å². The van der Waals surface area contributed by atoms with Crippen LogP contribution in [0.1, 0.15) is 48.9 Å². The van der Waals surface area contributed by atoms with E-state index in [1.807, 2.05) is 18.2 Å². The van der Waals surface area contributed by atoms with Crippen molar-refractivity contribution in [3.05, 3.63) is 35.9 Å². The van der Waals surface area contributed by atoms with E-state index >= 15 is 0 Å². The van der Waals surface area contributed by atoms with Gasteiger partial charge in [-0.1, -0.05) is 31.0 Å². The molecular formula is C16H18O3. The fourth-order valence-electron chi connectivity index (χ4n) is 4.09. The van der Waals surface area contributed by atoms with E-state index in [1.54, 1.807) is 12.1 Å². The summed E-state index contributed by atoms with van der Waals surface area (Å²) in [4.78, 5) is 12.2. The molecule has 0 aromatic heterocycles. The van der Waals surface area contributed by atoms with Gasteiger partial charge in [0.2, 0.25) is 0 Å². The van der Waals surface area contributed by atoms with Crippen LogP contribution in [0, 0.1) is 0 Å². The molecule has 0 radical (unpaired) electrons. The summed E-state index contributed by atoms with van der Waals surface area (Å²) in [5.74, 6) is -0.211. The fraction of sp³-hybridized carbons (Fsp3) is 0.562. The molecule has 1 heterocycles. The first-order valence-corrected chi connectivity index (χ1v) is 7.22. The van der Waals surface area contributed by atoms with Crippen LogP contribution in [0.5, 0.6) is 0 Å². The van der Waals surface area contributed by atoms with Crippen LogP contribution in [0.2, 0.25) is 0 Å². The van der Waals surface area contributed by atoms with Crippen molar-refractivity contribution in [2.75, 3.05) is 0 Å². The van der Waals surface area contributed by atoms with Gasteiger partial charge in [-0.05, 0) is 37.8 Å². The van der Waals surface area contributed by atoms with Gasteiger partial charge in [0.05, 0.1) is 5.56 Å². The van der Waals surface area contributed by atoms with Crippen molar-refractivity contribution < 1.29 is 14.3 Å². The number of rotatable bonds is 2. The van der Waals surface area contributed by atoms with E-state index < -0.39 is 0 Å². The summed E-state index contributed by atoms with van der Waals surface area (Å²) in [6, 6.07) is 9.24. The van der Waals surface area contributed by atoms with Crippen molar-refractivity contribution in [2.45, 2.75) is 55.8 Å². The Labute approximate surface area is 112 Å². The quantitative estimate of drug-likeness (QED) is 0.604. The molecule has 3 aliphatic rings. The number of esters is 1. The molecule has 0 bridgehead atoms.